The Morgan fingerprint density at radius 3 is 2.50 bits per heavy atom. The van der Waals surface area contributed by atoms with Gasteiger partial charge in [-0.3, -0.25) is 9.59 Å². The Bertz CT molecular complexity index is 399. The van der Waals surface area contributed by atoms with Crippen LogP contribution in [-0.2, 0) is 0 Å². The van der Waals surface area contributed by atoms with Crippen LogP contribution in [0, 0.1) is 6.92 Å². The largest absolute Gasteiger partial charge is 0.358 e. The van der Waals surface area contributed by atoms with E-state index in [1.807, 2.05) is 0 Å². The molecule has 0 atom stereocenters. The van der Waals surface area contributed by atoms with Gasteiger partial charge in [0, 0.05) is 6.20 Å². The maximum absolute atomic E-state index is 11.3. The van der Waals surface area contributed by atoms with E-state index in [2.05, 4.69) is 4.98 Å². The number of carbonyl (C=O) groups excluding carboxylic acids is 2. The summed E-state index contributed by atoms with van der Waals surface area (Å²) in [5, 5.41) is 0. The number of aromatic nitrogens is 1. The van der Waals surface area contributed by atoms with E-state index in [0.29, 0.717) is 11.3 Å². The topological polar surface area (TPSA) is 49.9 Å². The van der Waals surface area contributed by atoms with Crippen LogP contribution in [0.15, 0.2) is 18.3 Å². The summed E-state index contributed by atoms with van der Waals surface area (Å²) in [5.41, 5.74) is 1.76. The summed E-state index contributed by atoms with van der Waals surface area (Å²) in [6.45, 7) is 1.81. The maximum atomic E-state index is 11.3. The number of carbonyl (C=O) groups is 2. The highest BCUT2D eigenvalue weighted by atomic mass is 16.1. The minimum atomic E-state index is -0.127. The Morgan fingerprint density at radius 2 is 1.83 bits per heavy atom. The van der Waals surface area contributed by atoms with Gasteiger partial charge in [-0.2, -0.15) is 0 Å². The summed E-state index contributed by atoms with van der Waals surface area (Å²) < 4.78 is 0. The quantitative estimate of drug-likeness (QED) is 0.622. The van der Waals surface area contributed by atoms with Crippen molar-refractivity contribution in [2.75, 3.05) is 0 Å². The second-order valence-electron chi connectivity index (χ2n) is 2.78. The van der Waals surface area contributed by atoms with E-state index < -0.39 is 0 Å². The van der Waals surface area contributed by atoms with E-state index in [0.717, 1.165) is 5.56 Å². The summed E-state index contributed by atoms with van der Waals surface area (Å²) in [6.07, 6.45) is 4.28. The molecule has 0 unspecified atom stereocenters. The monoisotopic (exact) mass is 161 g/mol. The molecule has 0 spiro atoms. The van der Waals surface area contributed by atoms with Crippen LogP contribution in [0.4, 0.5) is 0 Å². The summed E-state index contributed by atoms with van der Waals surface area (Å²) in [7, 11) is 0. The fraction of sp³-hybridized carbons (Fsp3) is 0.111. The SMILES string of the molecule is Cc1c[nH]c2c1C(=O)C=CC2=O. The highest BCUT2D eigenvalue weighted by molar-refractivity contribution is 6.21. The van der Waals surface area contributed by atoms with Gasteiger partial charge in [-0.05, 0) is 24.6 Å². The van der Waals surface area contributed by atoms with E-state index in [9.17, 15) is 9.59 Å². The van der Waals surface area contributed by atoms with Crippen molar-refractivity contribution in [3.8, 4) is 0 Å². The number of allylic oxidation sites excluding steroid dienone is 2. The van der Waals surface area contributed by atoms with Crippen molar-refractivity contribution in [3.05, 3.63) is 35.2 Å². The molecule has 1 aliphatic rings. The average Bonchev–Trinajstić information content (AvgIpc) is 2.42. The van der Waals surface area contributed by atoms with E-state index >= 15 is 0 Å². The number of ketones is 2. The highest BCUT2D eigenvalue weighted by Crippen LogP contribution is 2.18. The number of nitrogens with one attached hydrogen (secondary N) is 1. The van der Waals surface area contributed by atoms with Crippen molar-refractivity contribution < 1.29 is 9.59 Å². The van der Waals surface area contributed by atoms with E-state index in [-0.39, 0.29) is 11.6 Å². The molecule has 0 aliphatic heterocycles. The minimum absolute atomic E-state index is 0.0941. The number of aromatic amines is 1. The Hall–Kier alpha value is -1.64. The second kappa shape index (κ2) is 2.17. The number of hydrogen-bond acceptors (Lipinski definition) is 2. The molecular formula is C9H7NO2. The molecule has 0 radical (unpaired) electrons. The first kappa shape index (κ1) is 7.03. The normalized spacial score (nSPS) is 15.1. The van der Waals surface area contributed by atoms with Gasteiger partial charge in [-0.25, -0.2) is 0 Å². The molecule has 60 valence electrons. The van der Waals surface area contributed by atoms with Gasteiger partial charge in [0.15, 0.2) is 5.78 Å². The Balaban J connectivity index is 2.72. The lowest BCUT2D eigenvalue weighted by atomic mass is 9.99. The molecule has 1 aliphatic carbocycles. The molecular weight excluding hydrogens is 154 g/mol. The molecule has 0 saturated heterocycles. The zero-order chi connectivity index (χ0) is 8.72. The van der Waals surface area contributed by atoms with Crippen LogP contribution in [0.2, 0.25) is 0 Å². The number of fused-ring (bicyclic) bond motifs is 1. The zero-order valence-electron chi connectivity index (χ0n) is 6.55. The van der Waals surface area contributed by atoms with Gasteiger partial charge < -0.3 is 4.98 Å². The van der Waals surface area contributed by atoms with Crippen LogP contribution in [0.5, 0.6) is 0 Å². The van der Waals surface area contributed by atoms with Crippen LogP contribution in [-0.4, -0.2) is 16.6 Å². The number of H-pyrrole nitrogens is 1. The van der Waals surface area contributed by atoms with E-state index in [1.54, 1.807) is 13.1 Å². The lowest BCUT2D eigenvalue weighted by Crippen LogP contribution is -2.10. The van der Waals surface area contributed by atoms with Crippen LogP contribution in [0.1, 0.15) is 26.4 Å². The zero-order valence-corrected chi connectivity index (χ0v) is 6.55. The molecule has 3 heteroatoms. The Labute approximate surface area is 69.1 Å². The summed E-state index contributed by atoms with van der Waals surface area (Å²) >= 11 is 0. The van der Waals surface area contributed by atoms with Gasteiger partial charge in [-0.1, -0.05) is 0 Å². The van der Waals surface area contributed by atoms with Gasteiger partial charge in [0.25, 0.3) is 0 Å². The third-order valence-corrected chi connectivity index (χ3v) is 1.96. The first-order chi connectivity index (χ1) is 5.70. The molecule has 0 amide bonds. The molecule has 0 bridgehead atoms. The summed E-state index contributed by atoms with van der Waals surface area (Å²) in [4.78, 5) is 25.2. The van der Waals surface area contributed by atoms with E-state index in [4.69, 9.17) is 0 Å². The molecule has 12 heavy (non-hydrogen) atoms. The van der Waals surface area contributed by atoms with Crippen molar-refractivity contribution in [1.29, 1.82) is 0 Å². The Kier molecular flexibility index (Phi) is 1.27. The third-order valence-electron chi connectivity index (χ3n) is 1.96. The van der Waals surface area contributed by atoms with Gasteiger partial charge in [0.05, 0.1) is 11.3 Å². The molecule has 0 aromatic carbocycles. The smallest absolute Gasteiger partial charge is 0.202 e. The molecule has 1 N–H and O–H groups in total. The van der Waals surface area contributed by atoms with Crippen molar-refractivity contribution >= 4 is 11.6 Å². The van der Waals surface area contributed by atoms with Crippen molar-refractivity contribution in [2.24, 2.45) is 0 Å². The standard InChI is InChI=1S/C9H7NO2/c1-5-4-10-9-7(12)3-2-6(11)8(5)9/h2-4,10H,1H3. The third kappa shape index (κ3) is 0.763. The molecule has 0 saturated carbocycles. The number of rotatable bonds is 0. The fourth-order valence-corrected chi connectivity index (χ4v) is 1.35. The molecule has 3 nitrogen and oxygen atoms in total. The van der Waals surface area contributed by atoms with Gasteiger partial charge in [0.1, 0.15) is 0 Å². The predicted molar refractivity (Wildman–Crippen MR) is 43.3 cm³/mol. The first-order valence-electron chi connectivity index (χ1n) is 3.65. The van der Waals surface area contributed by atoms with Crippen molar-refractivity contribution in [2.45, 2.75) is 6.92 Å². The molecule has 0 fully saturated rings. The highest BCUT2D eigenvalue weighted by Gasteiger charge is 2.21. The Morgan fingerprint density at radius 1 is 1.17 bits per heavy atom. The summed E-state index contributed by atoms with van der Waals surface area (Å²) in [5.74, 6) is -0.221. The number of aryl methyl sites for hydroxylation is 1. The first-order valence-corrected chi connectivity index (χ1v) is 3.65. The van der Waals surface area contributed by atoms with Crippen LogP contribution < -0.4 is 0 Å². The molecule has 1 aromatic rings. The van der Waals surface area contributed by atoms with E-state index in [1.165, 1.54) is 12.2 Å². The average molecular weight is 161 g/mol. The lowest BCUT2D eigenvalue weighted by molar-refractivity contribution is 0.0991. The second-order valence-corrected chi connectivity index (χ2v) is 2.78. The van der Waals surface area contributed by atoms with Gasteiger partial charge in [-0.15, -0.1) is 0 Å². The molecule has 1 heterocycles. The van der Waals surface area contributed by atoms with Crippen LogP contribution in [0.25, 0.3) is 0 Å². The van der Waals surface area contributed by atoms with Crippen molar-refractivity contribution in [1.82, 2.24) is 4.98 Å². The minimum Gasteiger partial charge on any atom is -0.358 e. The number of hydrogen-bond donors (Lipinski definition) is 1. The predicted octanol–water partition coefficient (Wildman–Crippen LogP) is 1.26. The van der Waals surface area contributed by atoms with Crippen LogP contribution in [0.3, 0.4) is 0 Å². The van der Waals surface area contributed by atoms with Gasteiger partial charge in [0.2, 0.25) is 5.78 Å². The van der Waals surface area contributed by atoms with Crippen molar-refractivity contribution in [3.63, 3.8) is 0 Å². The fourth-order valence-electron chi connectivity index (χ4n) is 1.35. The van der Waals surface area contributed by atoms with Crippen LogP contribution >= 0.6 is 0 Å². The maximum Gasteiger partial charge on any atom is 0.202 e. The molecule has 1 aromatic heterocycles. The lowest BCUT2D eigenvalue weighted by Gasteiger charge is -2.02. The molecule has 2 rings (SSSR count). The van der Waals surface area contributed by atoms with Gasteiger partial charge >= 0.3 is 0 Å². The summed E-state index contributed by atoms with van der Waals surface area (Å²) in [6, 6.07) is 0.